The Kier molecular flexibility index (Phi) is 23.8. The normalized spacial score (nSPS) is 11.1. The van der Waals surface area contributed by atoms with Crippen molar-refractivity contribution in [2.24, 2.45) is 20.5 Å². The summed E-state index contributed by atoms with van der Waals surface area (Å²) in [6, 6.07) is 39.0. The molecule has 7 aromatic rings. The molecule has 0 radical (unpaired) electrons. The molecule has 5 heterocycles. The monoisotopic (exact) mass is 1190 g/mol. The van der Waals surface area contributed by atoms with Gasteiger partial charge in [0, 0.05) is 45.8 Å². The number of nitrogens with zero attached hydrogens (tertiary/aromatic N) is 16. The predicted octanol–water partition coefficient (Wildman–Crippen LogP) is 13.4. The molecule has 2 aliphatic heterocycles. The van der Waals surface area contributed by atoms with E-state index in [9.17, 15) is 0 Å². The van der Waals surface area contributed by atoms with Crippen LogP contribution in [0, 0.1) is 0 Å². The van der Waals surface area contributed by atoms with Crippen LogP contribution >= 0.6 is 0 Å². The van der Waals surface area contributed by atoms with E-state index in [2.05, 4.69) is 40.1 Å². The molecule has 0 aliphatic carbocycles. The van der Waals surface area contributed by atoms with Crippen LogP contribution in [0.15, 0.2) is 142 Å². The molecule has 0 N–H and O–H groups in total. The first-order valence-electron chi connectivity index (χ1n) is 26.9. The number of rotatable bonds is 32. The molecule has 2 aliphatic rings. The van der Waals surface area contributed by atoms with E-state index in [1.807, 2.05) is 146 Å². The average molecular weight is 1190 g/mol. The van der Waals surface area contributed by atoms with Crippen molar-refractivity contribution in [3.8, 4) is 67.5 Å². The van der Waals surface area contributed by atoms with Crippen LogP contribution in [0.2, 0.25) is 0 Å². The van der Waals surface area contributed by atoms with E-state index in [0.717, 1.165) is 44.5 Å². The molecule has 85 heavy (non-hydrogen) atoms. The number of aromatic nitrogens is 4. The Hall–Kier alpha value is -9.62. The Morgan fingerprint density at radius 3 is 0.741 bits per heavy atom. The van der Waals surface area contributed by atoms with Crippen molar-refractivity contribution in [2.45, 2.75) is 0 Å². The van der Waals surface area contributed by atoms with E-state index < -0.39 is 0 Å². The molecule has 9 rings (SSSR count). The maximum Gasteiger partial charge on any atom is 2.00 e. The number of benzene rings is 4. The molecular weight excluding hydrogens is 1140 g/mol. The van der Waals surface area contributed by atoms with Gasteiger partial charge in [0.15, 0.2) is 0 Å². The van der Waals surface area contributed by atoms with Gasteiger partial charge in [-0.25, -0.2) is 9.97 Å². The van der Waals surface area contributed by atoms with Gasteiger partial charge < -0.3 is 47.9 Å². The first-order chi connectivity index (χ1) is 41.5. The molecule has 8 bridgehead atoms. The summed E-state index contributed by atoms with van der Waals surface area (Å²) in [5.41, 5.74) is 46.1. The SMILES string of the molecule is [N-]=[N+]=NCCOCCOc1ccc(-c2c3nc(c(-c4ccc(OCCOCCN=[N+]=[N-])cc4)c4ccc([n-]4)c(-c4ccc(OCCOCCN=[N+]=[N-])cc4)c4nc(c(-c5ccc(OCCOCCN=[N+]=[N-])cc5)c5ccc2[n-]5)C=C4)C=C3)cc1.[Zn+2]. The quantitative estimate of drug-likeness (QED) is 0.0125. The van der Waals surface area contributed by atoms with Crippen LogP contribution in [0.5, 0.6) is 23.0 Å². The average Bonchev–Trinajstić information content (AvgIpc) is 2.61. The second kappa shape index (κ2) is 32.9. The van der Waals surface area contributed by atoms with E-state index in [-0.39, 0.29) is 45.7 Å². The number of hydrogen-bond acceptors (Lipinski definition) is 14. The van der Waals surface area contributed by atoms with Crippen molar-refractivity contribution in [3.05, 3.63) is 186 Å². The van der Waals surface area contributed by atoms with Crippen molar-refractivity contribution in [3.63, 3.8) is 0 Å². The van der Waals surface area contributed by atoms with Gasteiger partial charge >= 0.3 is 19.5 Å². The zero-order valence-corrected chi connectivity index (χ0v) is 49.3. The van der Waals surface area contributed by atoms with Gasteiger partial charge in [-0.2, -0.15) is 0 Å². The third kappa shape index (κ3) is 17.2. The van der Waals surface area contributed by atoms with Crippen LogP contribution in [-0.4, -0.2) is 115 Å². The zero-order chi connectivity index (χ0) is 58.0. The Bertz CT molecular complexity index is 3310. The first kappa shape index (κ1) is 61.5. The number of hydrogen-bond donors (Lipinski definition) is 0. The molecule has 0 atom stereocenters. The number of fused-ring (bicyclic) bond motifs is 8. The van der Waals surface area contributed by atoms with Crippen molar-refractivity contribution in [1.29, 1.82) is 0 Å². The molecule has 0 saturated carbocycles. The Morgan fingerprint density at radius 1 is 0.306 bits per heavy atom. The third-order valence-corrected chi connectivity index (χ3v) is 12.8. The van der Waals surface area contributed by atoms with Crippen LogP contribution < -0.4 is 28.9 Å². The smallest absolute Gasteiger partial charge is 0.657 e. The van der Waals surface area contributed by atoms with Gasteiger partial charge in [0.25, 0.3) is 0 Å². The molecule has 0 fully saturated rings. The maximum atomic E-state index is 8.58. The fraction of sp³-hybridized carbons (Fsp3) is 0.267. The van der Waals surface area contributed by atoms with Crippen LogP contribution in [0.3, 0.4) is 0 Å². The molecule has 24 nitrogen and oxygen atoms in total. The van der Waals surface area contributed by atoms with Gasteiger partial charge in [0.1, 0.15) is 49.4 Å². The summed E-state index contributed by atoms with van der Waals surface area (Å²) in [6.45, 7) is 4.59. The Morgan fingerprint density at radius 2 is 0.529 bits per heavy atom. The first-order valence-corrected chi connectivity index (χ1v) is 26.9. The minimum absolute atomic E-state index is 0. The van der Waals surface area contributed by atoms with Gasteiger partial charge in [-0.05, 0) is 139 Å². The second-order valence-corrected chi connectivity index (χ2v) is 18.1. The van der Waals surface area contributed by atoms with E-state index >= 15 is 0 Å². The van der Waals surface area contributed by atoms with E-state index in [1.54, 1.807) is 0 Å². The van der Waals surface area contributed by atoms with Crippen LogP contribution in [0.1, 0.15) is 22.8 Å². The topological polar surface area (TPSA) is 323 Å². The summed E-state index contributed by atoms with van der Waals surface area (Å²) in [5.74, 6) is 2.55. The minimum Gasteiger partial charge on any atom is -0.657 e. The van der Waals surface area contributed by atoms with Crippen molar-refractivity contribution >= 4 is 46.4 Å². The molecule has 3 aromatic heterocycles. The molecule has 0 unspecified atom stereocenters. The molecule has 0 spiro atoms. The third-order valence-electron chi connectivity index (χ3n) is 12.8. The van der Waals surface area contributed by atoms with Gasteiger partial charge in [-0.3, -0.25) is 0 Å². The summed E-state index contributed by atoms with van der Waals surface area (Å²) >= 11 is 0. The van der Waals surface area contributed by atoms with Gasteiger partial charge in [-0.1, -0.05) is 93.3 Å². The fourth-order valence-corrected chi connectivity index (χ4v) is 9.02. The maximum absolute atomic E-state index is 8.58. The van der Waals surface area contributed by atoms with Gasteiger partial charge in [0.05, 0.1) is 75.6 Å². The Balaban J connectivity index is 0.00000940. The van der Waals surface area contributed by atoms with E-state index in [1.165, 1.54) is 0 Å². The summed E-state index contributed by atoms with van der Waals surface area (Å²) in [4.78, 5) is 32.7. The summed E-state index contributed by atoms with van der Waals surface area (Å²) in [6.07, 6.45) is 7.98. The fourth-order valence-electron chi connectivity index (χ4n) is 9.02. The van der Waals surface area contributed by atoms with Gasteiger partial charge in [0.2, 0.25) is 0 Å². The number of ether oxygens (including phenoxy) is 8. The van der Waals surface area contributed by atoms with Crippen LogP contribution in [-0.2, 0) is 38.4 Å². The van der Waals surface area contributed by atoms with Crippen LogP contribution in [0.25, 0.3) is 133 Å². The van der Waals surface area contributed by atoms with E-state index in [0.29, 0.717) is 147 Å². The van der Waals surface area contributed by atoms with Crippen molar-refractivity contribution < 1.29 is 57.4 Å². The molecule has 0 saturated heterocycles. The summed E-state index contributed by atoms with van der Waals surface area (Å²) < 4.78 is 46.3. The number of azide groups is 4. The van der Waals surface area contributed by atoms with Crippen molar-refractivity contribution in [2.75, 3.05) is 105 Å². The Labute approximate surface area is 500 Å². The summed E-state index contributed by atoms with van der Waals surface area (Å²) in [7, 11) is 0. The largest absolute Gasteiger partial charge is 2.00 e. The zero-order valence-electron chi connectivity index (χ0n) is 46.3. The molecule has 426 valence electrons. The molecular formula is C60H56N16O8Zn. The second-order valence-electron chi connectivity index (χ2n) is 18.1. The summed E-state index contributed by atoms with van der Waals surface area (Å²) in [5, 5.41) is 14.0. The minimum atomic E-state index is 0. The molecule has 0 amide bonds. The van der Waals surface area contributed by atoms with E-state index in [4.69, 9.17) is 80.0 Å². The van der Waals surface area contributed by atoms with Crippen LogP contribution in [0.4, 0.5) is 0 Å². The standard InChI is InChI=1S/C60H56N16O8.Zn/c61-73-65-25-29-77-33-37-81-45-9-1-41(2-10-45)57-49-17-19-51(69-49)58(42-3-11-46(12-4-42)82-38-34-78-30-26-66-74-62)53-21-23-55(71-53)60(44-7-15-48(16-8-44)84-40-36-80-32-28-68-76-64)56-24-22-54(72-56)59(52-20-18-50(57)70-52)43-5-13-47(14-6-43)83-39-35-79-31-27-67-75-63;/h1-24H,25-40H2;/q-2;+2. The molecule has 4 aromatic carbocycles. The molecule has 25 heteroatoms. The van der Waals surface area contributed by atoms with Crippen molar-refractivity contribution in [1.82, 2.24) is 19.9 Å². The van der Waals surface area contributed by atoms with Gasteiger partial charge in [-0.15, -0.1) is 22.1 Å². The predicted molar refractivity (Wildman–Crippen MR) is 320 cm³/mol.